The van der Waals surface area contributed by atoms with Gasteiger partial charge in [0.1, 0.15) is 5.75 Å². The fourth-order valence-corrected chi connectivity index (χ4v) is 2.01. The molecule has 1 aromatic carbocycles. The number of nitrogen functional groups attached to an aromatic ring is 1. The van der Waals surface area contributed by atoms with Crippen LogP contribution >= 0.6 is 0 Å². The van der Waals surface area contributed by atoms with Gasteiger partial charge in [0.15, 0.2) is 0 Å². The second kappa shape index (κ2) is 3.29. The Balaban J connectivity index is 2.48. The molecule has 0 amide bonds. The number of nitrogens with two attached hydrogens (primary N) is 1. The van der Waals surface area contributed by atoms with Crippen LogP contribution in [-0.4, -0.2) is 7.11 Å². The Bertz CT molecular complexity index is 320. The molecule has 0 unspecified atom stereocenters. The summed E-state index contributed by atoms with van der Waals surface area (Å²) in [6.45, 7) is 0. The third-order valence-electron chi connectivity index (χ3n) is 2.76. The van der Waals surface area contributed by atoms with E-state index < -0.39 is 0 Å². The standard InChI is InChI=1S/C11H15NO/c1-13-10-7-6-8-4-2-3-5-9(8)11(10)12/h6-7H,2-5,12H2,1H3. The highest BCUT2D eigenvalue weighted by molar-refractivity contribution is 5.61. The number of aryl methyl sites for hydroxylation is 1. The number of hydrogen-bond donors (Lipinski definition) is 1. The highest BCUT2D eigenvalue weighted by Gasteiger charge is 2.14. The minimum Gasteiger partial charge on any atom is -0.495 e. The van der Waals surface area contributed by atoms with Crippen LogP contribution in [0.25, 0.3) is 0 Å². The summed E-state index contributed by atoms with van der Waals surface area (Å²) in [7, 11) is 1.67. The van der Waals surface area contributed by atoms with Crippen LogP contribution < -0.4 is 10.5 Å². The van der Waals surface area contributed by atoms with Crippen LogP contribution in [0.2, 0.25) is 0 Å². The third kappa shape index (κ3) is 1.37. The maximum atomic E-state index is 5.99. The van der Waals surface area contributed by atoms with Gasteiger partial charge >= 0.3 is 0 Å². The molecule has 13 heavy (non-hydrogen) atoms. The van der Waals surface area contributed by atoms with Gasteiger partial charge in [-0.3, -0.25) is 0 Å². The number of methoxy groups -OCH3 is 1. The second-order valence-electron chi connectivity index (χ2n) is 3.53. The summed E-state index contributed by atoms with van der Waals surface area (Å²) in [4.78, 5) is 0. The lowest BCUT2D eigenvalue weighted by atomic mass is 9.90. The van der Waals surface area contributed by atoms with Crippen molar-refractivity contribution in [1.29, 1.82) is 0 Å². The number of ether oxygens (including phenoxy) is 1. The van der Waals surface area contributed by atoms with E-state index in [-0.39, 0.29) is 0 Å². The summed E-state index contributed by atoms with van der Waals surface area (Å²) in [5.74, 6) is 0.820. The van der Waals surface area contributed by atoms with E-state index >= 15 is 0 Å². The molecule has 0 aliphatic heterocycles. The van der Waals surface area contributed by atoms with Crippen molar-refractivity contribution in [3.63, 3.8) is 0 Å². The SMILES string of the molecule is COc1ccc2c(c1N)CCCC2. The van der Waals surface area contributed by atoms with Crippen LogP contribution in [0.1, 0.15) is 24.0 Å². The zero-order chi connectivity index (χ0) is 9.26. The van der Waals surface area contributed by atoms with Crippen molar-refractivity contribution in [3.05, 3.63) is 23.3 Å². The predicted octanol–water partition coefficient (Wildman–Crippen LogP) is 2.16. The highest BCUT2D eigenvalue weighted by Crippen LogP contribution is 2.32. The highest BCUT2D eigenvalue weighted by atomic mass is 16.5. The van der Waals surface area contributed by atoms with E-state index in [1.807, 2.05) is 6.07 Å². The van der Waals surface area contributed by atoms with Crippen molar-refractivity contribution in [2.45, 2.75) is 25.7 Å². The van der Waals surface area contributed by atoms with Gasteiger partial charge in [0.25, 0.3) is 0 Å². The van der Waals surface area contributed by atoms with Gasteiger partial charge < -0.3 is 10.5 Å². The summed E-state index contributed by atoms with van der Waals surface area (Å²) in [6, 6.07) is 4.11. The molecule has 2 heteroatoms. The molecule has 0 atom stereocenters. The lowest BCUT2D eigenvalue weighted by Crippen LogP contribution is -2.07. The minimum atomic E-state index is 0.820. The van der Waals surface area contributed by atoms with Gasteiger partial charge in [-0.15, -0.1) is 0 Å². The molecule has 1 aliphatic rings. The average molecular weight is 177 g/mol. The molecule has 2 N–H and O–H groups in total. The van der Waals surface area contributed by atoms with Crippen molar-refractivity contribution in [2.24, 2.45) is 0 Å². The first-order chi connectivity index (χ1) is 6.33. The van der Waals surface area contributed by atoms with E-state index in [9.17, 15) is 0 Å². The molecule has 0 radical (unpaired) electrons. The van der Waals surface area contributed by atoms with Gasteiger partial charge in [-0.1, -0.05) is 6.07 Å². The molecular weight excluding hydrogens is 162 g/mol. The minimum absolute atomic E-state index is 0.820. The van der Waals surface area contributed by atoms with Crippen LogP contribution in [0, 0.1) is 0 Å². The molecule has 0 saturated heterocycles. The Morgan fingerprint density at radius 1 is 1.23 bits per heavy atom. The van der Waals surface area contributed by atoms with E-state index in [0.717, 1.165) is 17.9 Å². The monoisotopic (exact) mass is 177 g/mol. The Morgan fingerprint density at radius 2 is 2.00 bits per heavy atom. The molecule has 0 heterocycles. The van der Waals surface area contributed by atoms with Crippen LogP contribution in [0.5, 0.6) is 5.75 Å². The molecule has 0 fully saturated rings. The van der Waals surface area contributed by atoms with Crippen molar-refractivity contribution in [2.75, 3.05) is 12.8 Å². The van der Waals surface area contributed by atoms with Crippen molar-refractivity contribution < 1.29 is 4.74 Å². The summed E-state index contributed by atoms with van der Waals surface area (Å²) in [5, 5.41) is 0. The average Bonchev–Trinajstić information content (AvgIpc) is 2.19. The van der Waals surface area contributed by atoms with Gasteiger partial charge in [0.05, 0.1) is 12.8 Å². The molecule has 1 aromatic rings. The van der Waals surface area contributed by atoms with E-state index in [1.54, 1.807) is 7.11 Å². The first-order valence-corrected chi connectivity index (χ1v) is 4.77. The Morgan fingerprint density at radius 3 is 2.77 bits per heavy atom. The summed E-state index contributed by atoms with van der Waals surface area (Å²) >= 11 is 0. The quantitative estimate of drug-likeness (QED) is 0.667. The molecule has 1 aliphatic carbocycles. The lowest BCUT2D eigenvalue weighted by molar-refractivity contribution is 0.416. The maximum Gasteiger partial charge on any atom is 0.142 e. The zero-order valence-corrected chi connectivity index (χ0v) is 7.97. The van der Waals surface area contributed by atoms with Gasteiger partial charge in [-0.05, 0) is 42.9 Å². The first kappa shape index (κ1) is 8.42. The molecule has 70 valence electrons. The molecule has 2 rings (SSSR count). The topological polar surface area (TPSA) is 35.2 Å². The zero-order valence-electron chi connectivity index (χ0n) is 7.97. The van der Waals surface area contributed by atoms with Crippen LogP contribution in [0.4, 0.5) is 5.69 Å². The van der Waals surface area contributed by atoms with Crippen molar-refractivity contribution >= 4 is 5.69 Å². The Labute approximate surface area is 78.7 Å². The van der Waals surface area contributed by atoms with Crippen molar-refractivity contribution in [1.82, 2.24) is 0 Å². The fourth-order valence-electron chi connectivity index (χ4n) is 2.01. The number of anilines is 1. The summed E-state index contributed by atoms with van der Waals surface area (Å²) < 4.78 is 5.19. The molecule has 2 nitrogen and oxygen atoms in total. The fraction of sp³-hybridized carbons (Fsp3) is 0.455. The maximum absolute atomic E-state index is 5.99. The predicted molar refractivity (Wildman–Crippen MR) is 54.0 cm³/mol. The first-order valence-electron chi connectivity index (χ1n) is 4.77. The Kier molecular flexibility index (Phi) is 2.13. The van der Waals surface area contributed by atoms with E-state index in [0.29, 0.717) is 0 Å². The van der Waals surface area contributed by atoms with Crippen molar-refractivity contribution in [3.8, 4) is 5.75 Å². The third-order valence-corrected chi connectivity index (χ3v) is 2.76. The largest absolute Gasteiger partial charge is 0.495 e. The van der Waals surface area contributed by atoms with Crippen LogP contribution in [0.15, 0.2) is 12.1 Å². The molecular formula is C11H15NO. The Hall–Kier alpha value is -1.18. The van der Waals surface area contributed by atoms with Gasteiger partial charge in [-0.25, -0.2) is 0 Å². The normalized spacial score (nSPS) is 15.2. The number of hydrogen-bond acceptors (Lipinski definition) is 2. The van der Waals surface area contributed by atoms with Gasteiger partial charge in [0.2, 0.25) is 0 Å². The van der Waals surface area contributed by atoms with Crippen LogP contribution in [-0.2, 0) is 12.8 Å². The van der Waals surface area contributed by atoms with Gasteiger partial charge in [-0.2, -0.15) is 0 Å². The van der Waals surface area contributed by atoms with E-state index in [4.69, 9.17) is 10.5 Å². The smallest absolute Gasteiger partial charge is 0.142 e. The van der Waals surface area contributed by atoms with Gasteiger partial charge in [0, 0.05) is 0 Å². The second-order valence-corrected chi connectivity index (χ2v) is 3.53. The molecule has 0 bridgehead atoms. The number of benzene rings is 1. The van der Waals surface area contributed by atoms with Crippen LogP contribution in [0.3, 0.4) is 0 Å². The molecule has 0 saturated carbocycles. The summed E-state index contributed by atoms with van der Waals surface area (Å²) in [6.07, 6.45) is 4.82. The number of fused-ring (bicyclic) bond motifs is 1. The lowest BCUT2D eigenvalue weighted by Gasteiger charge is -2.19. The molecule has 0 spiro atoms. The molecule has 0 aromatic heterocycles. The number of rotatable bonds is 1. The van der Waals surface area contributed by atoms with E-state index in [2.05, 4.69) is 6.07 Å². The van der Waals surface area contributed by atoms with E-state index in [1.165, 1.54) is 30.4 Å². The summed E-state index contributed by atoms with van der Waals surface area (Å²) in [5.41, 5.74) is 9.55.